The highest BCUT2D eigenvalue weighted by Crippen LogP contribution is 2.26. The first-order chi connectivity index (χ1) is 10.3. The Morgan fingerprint density at radius 1 is 0.905 bits per heavy atom. The molecule has 3 nitrogen and oxygen atoms in total. The molecule has 0 radical (unpaired) electrons. The lowest BCUT2D eigenvalue weighted by atomic mass is 10.0. The van der Waals surface area contributed by atoms with Gasteiger partial charge < -0.3 is 0 Å². The monoisotopic (exact) mass is 280 g/mol. The third-order valence-corrected chi connectivity index (χ3v) is 3.36. The van der Waals surface area contributed by atoms with Gasteiger partial charge in [0.2, 0.25) is 0 Å². The van der Waals surface area contributed by atoms with Gasteiger partial charge in [0, 0.05) is 6.42 Å². The summed E-state index contributed by atoms with van der Waals surface area (Å²) in [6.45, 7) is 1.92. The van der Waals surface area contributed by atoms with E-state index in [0.717, 1.165) is 17.2 Å². The minimum absolute atomic E-state index is 0.351. The Kier molecular flexibility index (Phi) is 3.73. The van der Waals surface area contributed by atoms with Gasteiger partial charge in [-0.1, -0.05) is 37.3 Å². The molecular weight excluding hydrogens is 264 g/mol. The fraction of sp³-hybridized carbons (Fsp3) is 0.167. The predicted octanol–water partition coefficient (Wildman–Crippen LogP) is 4.63. The van der Waals surface area contributed by atoms with E-state index in [1.165, 1.54) is 10.8 Å². The lowest BCUT2D eigenvalue weighted by Crippen LogP contribution is -2.06. The van der Waals surface area contributed by atoms with Gasteiger partial charge in [0.15, 0.2) is 5.75 Å². The van der Waals surface area contributed by atoms with Gasteiger partial charge in [-0.25, -0.2) is 4.79 Å². The molecule has 0 aliphatic heterocycles. The summed E-state index contributed by atoms with van der Waals surface area (Å²) in [4.78, 5) is 21.2. The zero-order valence-electron chi connectivity index (χ0n) is 11.8. The molecule has 0 unspecified atom stereocenters. The molecular formula is C18H16O3. The van der Waals surface area contributed by atoms with E-state index >= 15 is 0 Å². The van der Waals surface area contributed by atoms with Gasteiger partial charge in [0.05, 0.1) is 0 Å². The van der Waals surface area contributed by atoms with Gasteiger partial charge in [-0.3, -0.25) is 9.78 Å². The van der Waals surface area contributed by atoms with Crippen molar-refractivity contribution in [3.63, 3.8) is 0 Å². The highest BCUT2D eigenvalue weighted by molar-refractivity contribution is 5.98. The van der Waals surface area contributed by atoms with Crippen LogP contribution in [0.25, 0.3) is 21.5 Å². The first-order valence-electron chi connectivity index (χ1n) is 7.06. The van der Waals surface area contributed by atoms with E-state index in [0.29, 0.717) is 12.2 Å². The number of hydrogen-bond donors (Lipinski definition) is 0. The summed E-state index contributed by atoms with van der Waals surface area (Å²) in [5.41, 5.74) is 0. The molecule has 0 saturated carbocycles. The molecule has 0 aliphatic rings. The largest absolute Gasteiger partial charge is 0.355 e. The molecule has 0 bridgehead atoms. The first-order valence-corrected chi connectivity index (χ1v) is 7.06. The SMILES string of the molecule is CCCC(=O)OOc1ccc2cc3ccccc3cc2c1. The average molecular weight is 280 g/mol. The molecule has 3 aromatic carbocycles. The second-order valence-electron chi connectivity index (χ2n) is 5.00. The van der Waals surface area contributed by atoms with Crippen LogP contribution in [0.4, 0.5) is 0 Å². The topological polar surface area (TPSA) is 35.5 Å². The average Bonchev–Trinajstić information content (AvgIpc) is 2.51. The molecule has 3 rings (SSSR count). The standard InChI is InChI=1S/C18H16O3/c1-2-5-18(19)21-20-17-9-8-15-10-13-6-3-4-7-14(13)11-16(15)12-17/h3-4,6-12H,2,5H2,1H3. The normalized spacial score (nSPS) is 10.7. The molecule has 0 spiro atoms. The highest BCUT2D eigenvalue weighted by atomic mass is 17.2. The molecule has 0 atom stereocenters. The van der Waals surface area contributed by atoms with Crippen molar-refractivity contribution in [2.24, 2.45) is 0 Å². The van der Waals surface area contributed by atoms with Crippen LogP contribution in [0.1, 0.15) is 19.8 Å². The van der Waals surface area contributed by atoms with E-state index in [2.05, 4.69) is 24.3 Å². The summed E-state index contributed by atoms with van der Waals surface area (Å²) < 4.78 is 0. The van der Waals surface area contributed by atoms with Crippen LogP contribution in [0, 0.1) is 0 Å². The molecule has 106 valence electrons. The van der Waals surface area contributed by atoms with Crippen LogP contribution in [-0.2, 0) is 9.68 Å². The summed E-state index contributed by atoms with van der Waals surface area (Å²) in [6.07, 6.45) is 1.10. The fourth-order valence-electron chi connectivity index (χ4n) is 2.31. The van der Waals surface area contributed by atoms with Crippen molar-refractivity contribution in [3.05, 3.63) is 54.6 Å². The lowest BCUT2D eigenvalue weighted by molar-refractivity contribution is -0.213. The van der Waals surface area contributed by atoms with Gasteiger partial charge in [-0.2, -0.15) is 0 Å². The third-order valence-electron chi connectivity index (χ3n) is 3.36. The van der Waals surface area contributed by atoms with E-state index in [-0.39, 0.29) is 5.97 Å². The van der Waals surface area contributed by atoms with Crippen LogP contribution in [0.3, 0.4) is 0 Å². The first kappa shape index (κ1) is 13.4. The molecule has 0 aliphatic carbocycles. The van der Waals surface area contributed by atoms with Gasteiger partial charge in [0.25, 0.3) is 0 Å². The Balaban J connectivity index is 1.88. The van der Waals surface area contributed by atoms with Crippen LogP contribution < -0.4 is 4.89 Å². The molecule has 3 aromatic rings. The Morgan fingerprint density at radius 2 is 1.57 bits per heavy atom. The van der Waals surface area contributed by atoms with E-state index in [1.54, 1.807) is 6.07 Å². The van der Waals surface area contributed by atoms with Crippen LogP contribution in [0.2, 0.25) is 0 Å². The quantitative estimate of drug-likeness (QED) is 0.397. The minimum Gasteiger partial charge on any atom is -0.287 e. The summed E-state index contributed by atoms with van der Waals surface area (Å²) in [6, 6.07) is 18.1. The van der Waals surface area contributed by atoms with E-state index < -0.39 is 0 Å². The number of hydrogen-bond acceptors (Lipinski definition) is 3. The summed E-state index contributed by atoms with van der Waals surface area (Å²) in [7, 11) is 0. The molecule has 21 heavy (non-hydrogen) atoms. The number of carbonyl (C=O) groups excluding carboxylic acids is 1. The second kappa shape index (κ2) is 5.83. The zero-order valence-corrected chi connectivity index (χ0v) is 11.8. The Labute approximate surface area is 123 Å². The van der Waals surface area contributed by atoms with Crippen molar-refractivity contribution in [2.45, 2.75) is 19.8 Å². The number of carbonyl (C=O) groups is 1. The molecule has 0 heterocycles. The van der Waals surface area contributed by atoms with Crippen LogP contribution in [0.5, 0.6) is 5.75 Å². The number of fused-ring (bicyclic) bond motifs is 2. The lowest BCUT2D eigenvalue weighted by Gasteiger charge is -2.06. The van der Waals surface area contributed by atoms with Crippen molar-refractivity contribution >= 4 is 27.5 Å². The molecule has 0 fully saturated rings. The summed E-state index contributed by atoms with van der Waals surface area (Å²) in [5.74, 6) is 0.179. The van der Waals surface area contributed by atoms with E-state index in [1.807, 2.05) is 31.2 Å². The maximum absolute atomic E-state index is 11.3. The zero-order chi connectivity index (χ0) is 14.7. The van der Waals surface area contributed by atoms with Gasteiger partial charge in [-0.15, -0.1) is 0 Å². The maximum atomic E-state index is 11.3. The molecule has 0 amide bonds. The molecule has 3 heteroatoms. The summed E-state index contributed by atoms with van der Waals surface area (Å²) >= 11 is 0. The predicted molar refractivity (Wildman–Crippen MR) is 83.1 cm³/mol. The maximum Gasteiger partial charge on any atom is 0.355 e. The van der Waals surface area contributed by atoms with Crippen molar-refractivity contribution in [3.8, 4) is 5.75 Å². The molecule has 0 aromatic heterocycles. The van der Waals surface area contributed by atoms with Crippen LogP contribution in [-0.4, -0.2) is 5.97 Å². The van der Waals surface area contributed by atoms with E-state index in [4.69, 9.17) is 9.78 Å². The Hall–Kier alpha value is -2.55. The number of rotatable bonds is 4. The van der Waals surface area contributed by atoms with Crippen molar-refractivity contribution in [1.82, 2.24) is 0 Å². The van der Waals surface area contributed by atoms with Crippen LogP contribution in [0.15, 0.2) is 54.6 Å². The van der Waals surface area contributed by atoms with Crippen molar-refractivity contribution in [2.75, 3.05) is 0 Å². The Morgan fingerprint density at radius 3 is 2.29 bits per heavy atom. The molecule has 0 saturated heterocycles. The second-order valence-corrected chi connectivity index (χ2v) is 5.00. The minimum atomic E-state index is -0.351. The van der Waals surface area contributed by atoms with Crippen molar-refractivity contribution in [1.29, 1.82) is 0 Å². The third kappa shape index (κ3) is 2.97. The van der Waals surface area contributed by atoms with Gasteiger partial charge >= 0.3 is 5.97 Å². The summed E-state index contributed by atoms with van der Waals surface area (Å²) in [5, 5.41) is 4.55. The number of benzene rings is 3. The van der Waals surface area contributed by atoms with Crippen LogP contribution >= 0.6 is 0 Å². The Bertz CT molecular complexity index is 793. The van der Waals surface area contributed by atoms with Gasteiger partial charge in [-0.05, 0) is 52.2 Å². The van der Waals surface area contributed by atoms with Gasteiger partial charge in [0.1, 0.15) is 0 Å². The molecule has 0 N–H and O–H groups in total. The smallest absolute Gasteiger partial charge is 0.287 e. The highest BCUT2D eigenvalue weighted by Gasteiger charge is 2.05. The van der Waals surface area contributed by atoms with Crippen molar-refractivity contribution < 1.29 is 14.6 Å². The fourth-order valence-corrected chi connectivity index (χ4v) is 2.31. The van der Waals surface area contributed by atoms with E-state index in [9.17, 15) is 4.79 Å².